The van der Waals surface area contributed by atoms with E-state index in [-0.39, 0.29) is 5.69 Å². The minimum absolute atomic E-state index is 0.258. The first-order chi connectivity index (χ1) is 12.8. The molecule has 0 atom stereocenters. The Morgan fingerprint density at radius 2 is 2.00 bits per heavy atom. The smallest absolute Gasteiger partial charge is 0.190 e. The van der Waals surface area contributed by atoms with Crippen LogP contribution in [0.2, 0.25) is 0 Å². The summed E-state index contributed by atoms with van der Waals surface area (Å²) in [6.45, 7) is 0.419. The van der Waals surface area contributed by atoms with Gasteiger partial charge in [-0.05, 0) is 35.9 Å². The number of benzene rings is 2. The highest BCUT2D eigenvalue weighted by atomic mass is 16.5. The number of aromatic nitrogens is 5. The summed E-state index contributed by atoms with van der Waals surface area (Å²) in [6, 6.07) is 19.3. The molecule has 4 aromatic rings. The Morgan fingerprint density at radius 3 is 2.85 bits per heavy atom. The first-order valence-corrected chi connectivity index (χ1v) is 7.96. The minimum Gasteiger partial charge on any atom is -0.489 e. The van der Waals surface area contributed by atoms with E-state index in [1.54, 1.807) is 10.9 Å². The van der Waals surface area contributed by atoms with Crippen LogP contribution in [0.5, 0.6) is 5.75 Å². The van der Waals surface area contributed by atoms with Gasteiger partial charge in [-0.1, -0.05) is 24.3 Å². The van der Waals surface area contributed by atoms with E-state index in [0.29, 0.717) is 18.1 Å². The van der Waals surface area contributed by atoms with Gasteiger partial charge in [0.1, 0.15) is 24.1 Å². The number of rotatable bonds is 5. The number of H-pyrrole nitrogens is 1. The lowest BCUT2D eigenvalue weighted by Gasteiger charge is -2.09. The number of hydrogen-bond acceptors (Lipinski definition) is 5. The summed E-state index contributed by atoms with van der Waals surface area (Å²) in [7, 11) is 0. The molecular weight excluding hydrogens is 328 g/mol. The van der Waals surface area contributed by atoms with Crippen molar-refractivity contribution in [1.29, 1.82) is 5.26 Å². The molecule has 7 nitrogen and oxygen atoms in total. The van der Waals surface area contributed by atoms with Crippen LogP contribution >= 0.6 is 0 Å². The normalized spacial score (nSPS) is 10.4. The predicted molar refractivity (Wildman–Crippen MR) is 94.4 cm³/mol. The molecule has 0 aliphatic heterocycles. The van der Waals surface area contributed by atoms with E-state index < -0.39 is 0 Å². The van der Waals surface area contributed by atoms with E-state index in [9.17, 15) is 0 Å². The van der Waals surface area contributed by atoms with Gasteiger partial charge in [0.05, 0.1) is 5.69 Å². The standard InChI is InChI=1S/C19H14N6O/c20-12-18-19(23-24-22-18)15-5-2-7-17(11-15)26-13-14-4-1-6-16(10-14)25-9-3-8-21-25/h1-11H,13H2,(H,22,23,24). The second-order valence-electron chi connectivity index (χ2n) is 5.57. The molecule has 0 radical (unpaired) electrons. The molecule has 0 amide bonds. The van der Waals surface area contributed by atoms with Crippen LogP contribution in [0.25, 0.3) is 16.9 Å². The largest absolute Gasteiger partial charge is 0.489 e. The lowest BCUT2D eigenvalue weighted by atomic mass is 10.1. The number of hydrogen-bond donors (Lipinski definition) is 1. The Bertz CT molecular complexity index is 1060. The lowest BCUT2D eigenvalue weighted by Crippen LogP contribution is -1.99. The van der Waals surface area contributed by atoms with Crippen LogP contribution in [-0.4, -0.2) is 25.2 Å². The zero-order valence-electron chi connectivity index (χ0n) is 13.7. The van der Waals surface area contributed by atoms with Crippen LogP contribution in [0.4, 0.5) is 0 Å². The second kappa shape index (κ2) is 6.91. The summed E-state index contributed by atoms with van der Waals surface area (Å²) < 4.78 is 7.71. The summed E-state index contributed by atoms with van der Waals surface area (Å²) >= 11 is 0. The highest BCUT2D eigenvalue weighted by Gasteiger charge is 2.10. The van der Waals surface area contributed by atoms with Gasteiger partial charge in [0.15, 0.2) is 5.69 Å². The van der Waals surface area contributed by atoms with E-state index in [0.717, 1.165) is 16.8 Å². The molecule has 0 spiro atoms. The average Bonchev–Trinajstić information content (AvgIpc) is 3.38. The first-order valence-electron chi connectivity index (χ1n) is 7.96. The molecule has 2 aromatic carbocycles. The minimum atomic E-state index is 0.258. The number of nitrogens with one attached hydrogen (secondary N) is 1. The van der Waals surface area contributed by atoms with Crippen LogP contribution in [0.15, 0.2) is 67.0 Å². The van der Waals surface area contributed by atoms with Crippen molar-refractivity contribution in [3.8, 4) is 28.8 Å². The molecule has 0 saturated heterocycles. The monoisotopic (exact) mass is 342 g/mol. The van der Waals surface area contributed by atoms with Crippen molar-refractivity contribution < 1.29 is 4.74 Å². The zero-order valence-corrected chi connectivity index (χ0v) is 13.7. The molecule has 7 heteroatoms. The molecule has 0 unspecified atom stereocenters. The van der Waals surface area contributed by atoms with Crippen molar-refractivity contribution in [2.75, 3.05) is 0 Å². The van der Waals surface area contributed by atoms with Crippen molar-refractivity contribution in [1.82, 2.24) is 25.2 Å². The molecule has 0 fully saturated rings. The van der Waals surface area contributed by atoms with Crippen molar-refractivity contribution >= 4 is 0 Å². The van der Waals surface area contributed by atoms with Crippen LogP contribution in [0, 0.1) is 11.3 Å². The number of ether oxygens (including phenoxy) is 1. The molecule has 126 valence electrons. The van der Waals surface area contributed by atoms with Crippen LogP contribution < -0.4 is 4.74 Å². The lowest BCUT2D eigenvalue weighted by molar-refractivity contribution is 0.306. The highest BCUT2D eigenvalue weighted by Crippen LogP contribution is 2.24. The highest BCUT2D eigenvalue weighted by molar-refractivity contribution is 5.65. The Morgan fingerprint density at radius 1 is 1.08 bits per heavy atom. The maximum Gasteiger partial charge on any atom is 0.190 e. The van der Waals surface area contributed by atoms with Gasteiger partial charge in [-0.3, -0.25) is 0 Å². The van der Waals surface area contributed by atoms with Gasteiger partial charge in [0.2, 0.25) is 0 Å². The average molecular weight is 342 g/mol. The van der Waals surface area contributed by atoms with Crippen molar-refractivity contribution in [2.24, 2.45) is 0 Å². The van der Waals surface area contributed by atoms with Gasteiger partial charge < -0.3 is 4.74 Å². The van der Waals surface area contributed by atoms with Gasteiger partial charge in [0.25, 0.3) is 0 Å². The van der Waals surface area contributed by atoms with Gasteiger partial charge in [-0.25, -0.2) is 4.68 Å². The molecule has 2 heterocycles. The molecular formula is C19H14N6O. The quantitative estimate of drug-likeness (QED) is 0.601. The van der Waals surface area contributed by atoms with Gasteiger partial charge >= 0.3 is 0 Å². The van der Waals surface area contributed by atoms with E-state index in [1.165, 1.54) is 0 Å². The molecule has 1 N–H and O–H groups in total. The number of nitrogens with zero attached hydrogens (tertiary/aromatic N) is 5. The Hall–Kier alpha value is -3.92. The molecule has 0 aliphatic carbocycles. The third kappa shape index (κ3) is 3.16. The maximum absolute atomic E-state index is 9.08. The summed E-state index contributed by atoms with van der Waals surface area (Å²) in [6.07, 6.45) is 3.64. The SMILES string of the molecule is N#Cc1n[nH]nc1-c1cccc(OCc2cccc(-n3cccn3)c2)c1. The Balaban J connectivity index is 1.52. The number of nitriles is 1. The number of aromatic amines is 1. The molecule has 0 bridgehead atoms. The third-order valence-corrected chi connectivity index (χ3v) is 3.85. The maximum atomic E-state index is 9.08. The van der Waals surface area contributed by atoms with E-state index in [1.807, 2.05) is 66.9 Å². The fourth-order valence-corrected chi connectivity index (χ4v) is 2.62. The molecule has 2 aromatic heterocycles. The first kappa shape index (κ1) is 15.6. The van der Waals surface area contributed by atoms with Crippen molar-refractivity contribution in [3.63, 3.8) is 0 Å². The molecule has 0 aliphatic rings. The Kier molecular flexibility index (Phi) is 4.14. The molecule has 26 heavy (non-hydrogen) atoms. The van der Waals surface area contributed by atoms with E-state index in [2.05, 4.69) is 20.5 Å². The van der Waals surface area contributed by atoms with Crippen LogP contribution in [-0.2, 0) is 6.61 Å². The summed E-state index contributed by atoms with van der Waals surface area (Å²) in [4.78, 5) is 0. The fourth-order valence-electron chi connectivity index (χ4n) is 2.62. The molecule has 0 saturated carbocycles. The van der Waals surface area contributed by atoms with Crippen molar-refractivity contribution in [3.05, 3.63) is 78.2 Å². The van der Waals surface area contributed by atoms with E-state index in [4.69, 9.17) is 10.00 Å². The Labute approximate surface area is 149 Å². The fraction of sp³-hybridized carbons (Fsp3) is 0.0526. The van der Waals surface area contributed by atoms with Gasteiger partial charge in [-0.2, -0.15) is 20.7 Å². The molecule has 4 rings (SSSR count). The summed E-state index contributed by atoms with van der Waals surface area (Å²) in [5, 5.41) is 23.6. The zero-order chi connectivity index (χ0) is 17.8. The van der Waals surface area contributed by atoms with Gasteiger partial charge in [-0.15, -0.1) is 5.10 Å². The summed E-state index contributed by atoms with van der Waals surface area (Å²) in [5.74, 6) is 0.693. The third-order valence-electron chi connectivity index (χ3n) is 3.85. The van der Waals surface area contributed by atoms with Gasteiger partial charge in [0, 0.05) is 18.0 Å². The predicted octanol–water partition coefficient (Wildman–Crippen LogP) is 3.11. The van der Waals surface area contributed by atoms with Crippen LogP contribution in [0.1, 0.15) is 11.3 Å². The topological polar surface area (TPSA) is 92.4 Å². The summed E-state index contributed by atoms with van der Waals surface area (Å²) in [5.41, 5.74) is 3.56. The second-order valence-corrected chi connectivity index (χ2v) is 5.57. The van der Waals surface area contributed by atoms with E-state index >= 15 is 0 Å². The van der Waals surface area contributed by atoms with Crippen molar-refractivity contribution in [2.45, 2.75) is 6.61 Å². The van der Waals surface area contributed by atoms with Crippen LogP contribution in [0.3, 0.4) is 0 Å².